The van der Waals surface area contributed by atoms with Crippen molar-refractivity contribution in [1.82, 2.24) is 10.2 Å². The molecule has 1 aliphatic rings. The number of nitrogens with one attached hydrogen (secondary N) is 2. The fourth-order valence-corrected chi connectivity index (χ4v) is 3.91. The van der Waals surface area contributed by atoms with E-state index in [0.29, 0.717) is 27.2 Å². The summed E-state index contributed by atoms with van der Waals surface area (Å²) in [6.45, 7) is 5.48. The molecule has 1 heterocycles. The van der Waals surface area contributed by atoms with Gasteiger partial charge in [0.15, 0.2) is 23.2 Å². The predicted octanol–water partition coefficient (Wildman–Crippen LogP) is 3.60. The zero-order chi connectivity index (χ0) is 24.8. The van der Waals surface area contributed by atoms with Crippen molar-refractivity contribution < 1.29 is 23.9 Å². The Bertz CT molecular complexity index is 1190. The lowest BCUT2D eigenvalue weighted by molar-refractivity contribution is -0.128. The molecule has 2 aromatic carbocycles. The highest BCUT2D eigenvalue weighted by Gasteiger charge is 2.32. The van der Waals surface area contributed by atoms with Gasteiger partial charge in [0.1, 0.15) is 5.57 Å². The number of rotatable bonds is 8. The van der Waals surface area contributed by atoms with Gasteiger partial charge in [-0.1, -0.05) is 23.8 Å². The van der Waals surface area contributed by atoms with Crippen molar-refractivity contribution in [2.24, 2.45) is 0 Å². The predicted molar refractivity (Wildman–Crippen MR) is 137 cm³/mol. The van der Waals surface area contributed by atoms with E-state index in [0.717, 1.165) is 5.56 Å². The molecule has 1 fully saturated rings. The van der Waals surface area contributed by atoms with Gasteiger partial charge in [0.25, 0.3) is 17.7 Å². The Morgan fingerprint density at radius 3 is 2.62 bits per heavy atom. The van der Waals surface area contributed by atoms with Crippen LogP contribution in [-0.2, 0) is 14.4 Å². The first-order valence-electron chi connectivity index (χ1n) is 10.1. The molecule has 0 bridgehead atoms. The summed E-state index contributed by atoms with van der Waals surface area (Å²) in [6, 6.07) is 10.6. The van der Waals surface area contributed by atoms with E-state index < -0.39 is 11.8 Å². The smallest absolute Gasteiger partial charge is 0.265 e. The maximum absolute atomic E-state index is 12.7. The summed E-state index contributed by atoms with van der Waals surface area (Å²) in [5, 5.41) is 5.28. The molecule has 0 radical (unpaired) electrons. The number of thiocarbonyl (C=S) groups is 1. The quantitative estimate of drug-likeness (QED) is 0.228. The number of anilines is 1. The van der Waals surface area contributed by atoms with Gasteiger partial charge in [0, 0.05) is 12.2 Å². The van der Waals surface area contributed by atoms with Gasteiger partial charge in [-0.2, -0.15) is 0 Å². The lowest BCUT2D eigenvalue weighted by atomic mass is 10.1. The van der Waals surface area contributed by atoms with E-state index in [1.54, 1.807) is 24.3 Å². The summed E-state index contributed by atoms with van der Waals surface area (Å²) in [5.74, 6) is -0.855. The van der Waals surface area contributed by atoms with Crippen molar-refractivity contribution in [2.45, 2.75) is 6.92 Å². The van der Waals surface area contributed by atoms with Crippen molar-refractivity contribution in [3.8, 4) is 11.5 Å². The van der Waals surface area contributed by atoms with E-state index >= 15 is 0 Å². The van der Waals surface area contributed by atoms with Crippen LogP contribution in [0.4, 0.5) is 5.69 Å². The van der Waals surface area contributed by atoms with Gasteiger partial charge in [0.05, 0.1) is 11.6 Å². The maximum atomic E-state index is 12.7. The molecular formula is C24H22BrN3O5S. The monoisotopic (exact) mass is 543 g/mol. The van der Waals surface area contributed by atoms with Crippen LogP contribution in [0.5, 0.6) is 11.5 Å². The lowest BCUT2D eigenvalue weighted by Gasteiger charge is -2.27. The van der Waals surface area contributed by atoms with E-state index in [4.69, 9.17) is 21.7 Å². The molecule has 2 N–H and O–H groups in total. The first kappa shape index (κ1) is 25.1. The summed E-state index contributed by atoms with van der Waals surface area (Å²) < 4.78 is 11.6. The number of benzene rings is 2. The normalized spacial score (nSPS) is 14.6. The van der Waals surface area contributed by atoms with Crippen LogP contribution in [0.25, 0.3) is 6.08 Å². The van der Waals surface area contributed by atoms with Crippen LogP contribution >= 0.6 is 28.1 Å². The van der Waals surface area contributed by atoms with E-state index in [2.05, 4.69) is 33.1 Å². The SMILES string of the molecule is C=CCN1C(=O)/C(=C/c2cc(Br)c(OCC(=O)Nc3ccc(C)cc3)c(OC)c2)C(=O)NC1=S. The molecule has 1 saturated heterocycles. The van der Waals surface area contributed by atoms with Crippen LogP contribution in [0.1, 0.15) is 11.1 Å². The molecule has 34 heavy (non-hydrogen) atoms. The van der Waals surface area contributed by atoms with Crippen LogP contribution in [0.2, 0.25) is 0 Å². The molecule has 1 aliphatic heterocycles. The molecule has 2 aromatic rings. The zero-order valence-corrected chi connectivity index (χ0v) is 20.9. The number of carbonyl (C=O) groups excluding carboxylic acids is 3. The van der Waals surface area contributed by atoms with Crippen molar-refractivity contribution in [3.05, 3.63) is 70.2 Å². The number of nitrogens with zero attached hydrogens (tertiary/aromatic N) is 1. The molecular weight excluding hydrogens is 522 g/mol. The van der Waals surface area contributed by atoms with Crippen LogP contribution in [0.15, 0.2) is 59.1 Å². The summed E-state index contributed by atoms with van der Waals surface area (Å²) in [6.07, 6.45) is 2.94. The van der Waals surface area contributed by atoms with E-state index in [1.165, 1.54) is 24.2 Å². The minimum Gasteiger partial charge on any atom is -0.493 e. The number of aryl methyl sites for hydroxylation is 1. The summed E-state index contributed by atoms with van der Waals surface area (Å²) in [4.78, 5) is 38.6. The molecule has 3 amide bonds. The largest absolute Gasteiger partial charge is 0.493 e. The number of halogens is 1. The fourth-order valence-electron chi connectivity index (χ4n) is 3.09. The van der Waals surface area contributed by atoms with Gasteiger partial charge in [-0.3, -0.25) is 24.6 Å². The van der Waals surface area contributed by atoms with Crippen LogP contribution < -0.4 is 20.1 Å². The second-order valence-corrected chi connectivity index (χ2v) is 8.50. The Labute approximate surface area is 210 Å². The Hall–Kier alpha value is -3.50. The molecule has 8 nitrogen and oxygen atoms in total. The minimum atomic E-state index is -0.599. The Kier molecular flexibility index (Phi) is 8.19. The second kappa shape index (κ2) is 11.1. The number of ether oxygens (including phenoxy) is 2. The average molecular weight is 544 g/mol. The molecule has 10 heteroatoms. The van der Waals surface area contributed by atoms with Gasteiger partial charge in [-0.15, -0.1) is 6.58 Å². The highest BCUT2D eigenvalue weighted by Crippen LogP contribution is 2.37. The van der Waals surface area contributed by atoms with E-state index in [-0.39, 0.29) is 29.7 Å². The summed E-state index contributed by atoms with van der Waals surface area (Å²) in [7, 11) is 1.45. The number of methoxy groups -OCH3 is 1. The lowest BCUT2D eigenvalue weighted by Crippen LogP contribution is -2.53. The molecule has 0 aromatic heterocycles. The number of hydrogen-bond acceptors (Lipinski definition) is 6. The fraction of sp³-hybridized carbons (Fsp3) is 0.167. The molecule has 176 valence electrons. The first-order valence-corrected chi connectivity index (χ1v) is 11.3. The molecule has 0 spiro atoms. The third-order valence-corrected chi connectivity index (χ3v) is 5.65. The Balaban J connectivity index is 1.78. The van der Waals surface area contributed by atoms with Gasteiger partial charge in [-0.05, 0) is 71.0 Å². The second-order valence-electron chi connectivity index (χ2n) is 7.26. The first-order chi connectivity index (χ1) is 16.2. The van der Waals surface area contributed by atoms with Crippen LogP contribution in [0.3, 0.4) is 0 Å². The molecule has 0 atom stereocenters. The topological polar surface area (TPSA) is 97.0 Å². The number of carbonyl (C=O) groups is 3. The van der Waals surface area contributed by atoms with Crippen molar-refractivity contribution in [1.29, 1.82) is 0 Å². The maximum Gasteiger partial charge on any atom is 0.265 e. The third kappa shape index (κ3) is 5.89. The average Bonchev–Trinajstić information content (AvgIpc) is 2.80. The van der Waals surface area contributed by atoms with E-state index in [1.807, 2.05) is 19.1 Å². The third-order valence-electron chi connectivity index (χ3n) is 4.74. The van der Waals surface area contributed by atoms with Crippen LogP contribution in [-0.4, -0.2) is 48.0 Å². The molecule has 0 saturated carbocycles. The minimum absolute atomic E-state index is 0.0264. The summed E-state index contributed by atoms with van der Waals surface area (Å²) in [5.41, 5.74) is 2.16. The van der Waals surface area contributed by atoms with Crippen LogP contribution in [0, 0.1) is 6.92 Å². The van der Waals surface area contributed by atoms with Gasteiger partial charge >= 0.3 is 0 Å². The molecule has 0 unspecified atom stereocenters. The number of hydrogen-bond donors (Lipinski definition) is 2. The number of amides is 3. The van der Waals surface area contributed by atoms with Crippen molar-refractivity contribution >= 4 is 62.7 Å². The van der Waals surface area contributed by atoms with Crippen molar-refractivity contribution in [3.63, 3.8) is 0 Å². The highest BCUT2D eigenvalue weighted by molar-refractivity contribution is 9.10. The van der Waals surface area contributed by atoms with Gasteiger partial charge in [-0.25, -0.2) is 0 Å². The standard InChI is InChI=1S/C24H22BrN3O5S/c1-4-9-28-23(31)17(22(30)27-24(28)34)10-15-11-18(25)21(19(12-15)32-3)33-13-20(29)26-16-7-5-14(2)6-8-16/h4-8,10-12H,1,9,13H2,2-3H3,(H,26,29)(H,27,30,34)/b17-10+. The molecule has 0 aliphatic carbocycles. The molecule has 3 rings (SSSR count). The highest BCUT2D eigenvalue weighted by atomic mass is 79.9. The van der Waals surface area contributed by atoms with Crippen molar-refractivity contribution in [2.75, 3.05) is 25.6 Å². The summed E-state index contributed by atoms with van der Waals surface area (Å²) >= 11 is 8.47. The van der Waals surface area contributed by atoms with E-state index in [9.17, 15) is 14.4 Å². The zero-order valence-electron chi connectivity index (χ0n) is 18.5. The Morgan fingerprint density at radius 2 is 1.97 bits per heavy atom. The van der Waals surface area contributed by atoms with Gasteiger partial charge in [0.2, 0.25) is 0 Å². The van der Waals surface area contributed by atoms with Gasteiger partial charge < -0.3 is 14.8 Å². The Morgan fingerprint density at radius 1 is 1.26 bits per heavy atom.